The molecule has 0 radical (unpaired) electrons. The number of thioether (sulfide) groups is 1. The first-order chi connectivity index (χ1) is 8.44. The van der Waals surface area contributed by atoms with Gasteiger partial charge in [-0.15, -0.1) is 11.8 Å². The zero-order valence-electron chi connectivity index (χ0n) is 10.9. The van der Waals surface area contributed by atoms with E-state index in [2.05, 4.69) is 13.8 Å². The molecular formula is C14H18O3S. The SMILES string of the molecule is CCOc1ccc2c(c1)C(C)(C)CC(C(=O)O)S2. The van der Waals surface area contributed by atoms with Gasteiger partial charge in [-0.3, -0.25) is 4.79 Å². The monoisotopic (exact) mass is 266 g/mol. The molecule has 1 unspecified atom stereocenters. The Balaban J connectivity index is 2.39. The lowest BCUT2D eigenvalue weighted by atomic mass is 9.80. The van der Waals surface area contributed by atoms with Crippen LogP contribution in [0.4, 0.5) is 0 Å². The lowest BCUT2D eigenvalue weighted by Crippen LogP contribution is -2.32. The van der Waals surface area contributed by atoms with Crippen LogP contribution in [0.5, 0.6) is 5.75 Å². The van der Waals surface area contributed by atoms with E-state index in [1.165, 1.54) is 17.3 Å². The predicted molar refractivity (Wildman–Crippen MR) is 72.5 cm³/mol. The topological polar surface area (TPSA) is 46.5 Å². The van der Waals surface area contributed by atoms with Gasteiger partial charge in [-0.1, -0.05) is 13.8 Å². The minimum absolute atomic E-state index is 0.128. The van der Waals surface area contributed by atoms with Crippen LogP contribution in [0.2, 0.25) is 0 Å². The van der Waals surface area contributed by atoms with Crippen molar-refractivity contribution in [3.05, 3.63) is 23.8 Å². The van der Waals surface area contributed by atoms with Crippen LogP contribution < -0.4 is 4.74 Å². The molecular weight excluding hydrogens is 248 g/mol. The summed E-state index contributed by atoms with van der Waals surface area (Å²) in [6.45, 7) is 6.79. The van der Waals surface area contributed by atoms with Crippen molar-refractivity contribution in [2.75, 3.05) is 6.61 Å². The van der Waals surface area contributed by atoms with Gasteiger partial charge in [0.15, 0.2) is 0 Å². The molecule has 98 valence electrons. The number of rotatable bonds is 3. The smallest absolute Gasteiger partial charge is 0.317 e. The summed E-state index contributed by atoms with van der Waals surface area (Å²) in [5.74, 6) is 0.131. The van der Waals surface area contributed by atoms with Gasteiger partial charge < -0.3 is 9.84 Å². The zero-order chi connectivity index (χ0) is 13.3. The van der Waals surface area contributed by atoms with Gasteiger partial charge >= 0.3 is 5.97 Å². The van der Waals surface area contributed by atoms with Crippen LogP contribution >= 0.6 is 11.8 Å². The molecule has 1 heterocycles. The molecule has 0 fully saturated rings. The standard InChI is InChI=1S/C14H18O3S/c1-4-17-9-5-6-11-10(7-9)14(2,3)8-12(18-11)13(15)16/h5-7,12H,4,8H2,1-3H3,(H,15,16). The quantitative estimate of drug-likeness (QED) is 0.911. The third kappa shape index (κ3) is 2.48. The largest absolute Gasteiger partial charge is 0.494 e. The van der Waals surface area contributed by atoms with Crippen LogP contribution in [-0.4, -0.2) is 22.9 Å². The van der Waals surface area contributed by atoms with E-state index in [4.69, 9.17) is 4.74 Å². The number of benzene rings is 1. The van der Waals surface area contributed by atoms with Crippen molar-refractivity contribution >= 4 is 17.7 Å². The van der Waals surface area contributed by atoms with Crippen molar-refractivity contribution in [2.24, 2.45) is 0 Å². The molecule has 3 nitrogen and oxygen atoms in total. The van der Waals surface area contributed by atoms with Crippen LogP contribution in [0.25, 0.3) is 0 Å². The van der Waals surface area contributed by atoms with Crippen molar-refractivity contribution in [3.63, 3.8) is 0 Å². The minimum atomic E-state index is -0.729. The van der Waals surface area contributed by atoms with Gasteiger partial charge in [-0.2, -0.15) is 0 Å². The Morgan fingerprint density at radius 3 is 2.89 bits per heavy atom. The van der Waals surface area contributed by atoms with Gasteiger partial charge in [0.1, 0.15) is 11.0 Å². The number of aliphatic carboxylic acids is 1. The average Bonchev–Trinajstić information content (AvgIpc) is 2.29. The maximum atomic E-state index is 11.2. The van der Waals surface area contributed by atoms with Gasteiger partial charge in [0.2, 0.25) is 0 Å². The first kappa shape index (κ1) is 13.3. The maximum absolute atomic E-state index is 11.2. The fourth-order valence-electron chi connectivity index (χ4n) is 2.30. The van der Waals surface area contributed by atoms with E-state index in [1.807, 2.05) is 25.1 Å². The van der Waals surface area contributed by atoms with Crippen LogP contribution in [0, 0.1) is 0 Å². The number of ether oxygens (including phenoxy) is 1. The van der Waals surface area contributed by atoms with Crippen LogP contribution in [0.15, 0.2) is 23.1 Å². The highest BCUT2D eigenvalue weighted by Gasteiger charge is 2.37. The zero-order valence-corrected chi connectivity index (χ0v) is 11.7. The highest BCUT2D eigenvalue weighted by molar-refractivity contribution is 8.00. The highest BCUT2D eigenvalue weighted by Crippen LogP contribution is 2.46. The third-order valence-corrected chi connectivity index (χ3v) is 4.49. The molecule has 0 aromatic heterocycles. The molecule has 0 spiro atoms. The Labute approximate surface area is 112 Å². The molecule has 1 aromatic carbocycles. The summed E-state index contributed by atoms with van der Waals surface area (Å²) in [6.07, 6.45) is 0.648. The predicted octanol–water partition coefficient (Wildman–Crippen LogP) is 3.31. The third-order valence-electron chi connectivity index (χ3n) is 3.23. The molecule has 0 amide bonds. The first-order valence-corrected chi connectivity index (χ1v) is 6.99. The van der Waals surface area contributed by atoms with Gasteiger partial charge in [-0.05, 0) is 42.5 Å². The summed E-state index contributed by atoms with van der Waals surface area (Å²) in [7, 11) is 0. The molecule has 1 aliphatic heterocycles. The van der Waals surface area contributed by atoms with E-state index in [-0.39, 0.29) is 10.7 Å². The average molecular weight is 266 g/mol. The molecule has 0 aliphatic carbocycles. The number of carboxylic acids is 1. The van der Waals surface area contributed by atoms with E-state index in [1.54, 1.807) is 0 Å². The lowest BCUT2D eigenvalue weighted by molar-refractivity contribution is -0.136. The highest BCUT2D eigenvalue weighted by atomic mass is 32.2. The summed E-state index contributed by atoms with van der Waals surface area (Å²) >= 11 is 1.44. The van der Waals surface area contributed by atoms with Gasteiger partial charge in [-0.25, -0.2) is 0 Å². The van der Waals surface area contributed by atoms with E-state index >= 15 is 0 Å². The lowest BCUT2D eigenvalue weighted by Gasteiger charge is -2.35. The summed E-state index contributed by atoms with van der Waals surface area (Å²) in [5.41, 5.74) is 1.06. The van der Waals surface area contributed by atoms with Crippen molar-refractivity contribution in [1.82, 2.24) is 0 Å². The van der Waals surface area contributed by atoms with Crippen LogP contribution in [-0.2, 0) is 10.2 Å². The number of hydrogen-bond acceptors (Lipinski definition) is 3. The maximum Gasteiger partial charge on any atom is 0.317 e. The fraction of sp³-hybridized carbons (Fsp3) is 0.500. The number of fused-ring (bicyclic) bond motifs is 1. The van der Waals surface area contributed by atoms with Crippen LogP contribution in [0.1, 0.15) is 32.8 Å². The molecule has 1 aromatic rings. The Hall–Kier alpha value is -1.16. The first-order valence-electron chi connectivity index (χ1n) is 6.11. The van der Waals surface area contributed by atoms with E-state index in [0.29, 0.717) is 13.0 Å². The van der Waals surface area contributed by atoms with Crippen molar-refractivity contribution in [2.45, 2.75) is 42.8 Å². The molecule has 0 saturated heterocycles. The molecule has 1 N–H and O–H groups in total. The second-order valence-electron chi connectivity index (χ2n) is 5.12. The van der Waals surface area contributed by atoms with Crippen molar-refractivity contribution in [1.29, 1.82) is 0 Å². The second kappa shape index (κ2) is 4.84. The van der Waals surface area contributed by atoms with Crippen LogP contribution in [0.3, 0.4) is 0 Å². The van der Waals surface area contributed by atoms with E-state index in [0.717, 1.165) is 10.6 Å². The summed E-state index contributed by atoms with van der Waals surface area (Å²) in [6, 6.07) is 5.93. The Kier molecular flexibility index (Phi) is 3.57. The molecule has 1 aliphatic rings. The summed E-state index contributed by atoms with van der Waals surface area (Å²) in [5, 5.41) is 8.83. The normalized spacial score (nSPS) is 21.2. The van der Waals surface area contributed by atoms with E-state index in [9.17, 15) is 9.90 Å². The van der Waals surface area contributed by atoms with Crippen molar-refractivity contribution in [3.8, 4) is 5.75 Å². The number of carboxylic acid groups (broad SMARTS) is 1. The van der Waals surface area contributed by atoms with E-state index < -0.39 is 5.97 Å². The Bertz CT molecular complexity index is 468. The molecule has 2 rings (SSSR count). The molecule has 0 saturated carbocycles. The number of hydrogen-bond donors (Lipinski definition) is 1. The van der Waals surface area contributed by atoms with Gasteiger partial charge in [0, 0.05) is 4.90 Å². The van der Waals surface area contributed by atoms with Gasteiger partial charge in [0.25, 0.3) is 0 Å². The van der Waals surface area contributed by atoms with Gasteiger partial charge in [0.05, 0.1) is 6.61 Å². The fourth-order valence-corrected chi connectivity index (χ4v) is 3.82. The Morgan fingerprint density at radius 1 is 1.56 bits per heavy atom. The summed E-state index contributed by atoms with van der Waals surface area (Å²) < 4.78 is 5.51. The summed E-state index contributed by atoms with van der Waals surface area (Å²) in [4.78, 5) is 12.2. The Morgan fingerprint density at radius 2 is 2.28 bits per heavy atom. The van der Waals surface area contributed by atoms with Crippen molar-refractivity contribution < 1.29 is 14.6 Å². The molecule has 0 bridgehead atoms. The minimum Gasteiger partial charge on any atom is -0.494 e. The molecule has 4 heteroatoms. The number of carbonyl (C=O) groups is 1. The molecule has 18 heavy (non-hydrogen) atoms. The second-order valence-corrected chi connectivity index (χ2v) is 6.37. The molecule has 1 atom stereocenters.